The summed E-state index contributed by atoms with van der Waals surface area (Å²) >= 11 is 0. The molecule has 2 rings (SSSR count). The van der Waals surface area contributed by atoms with E-state index in [0.29, 0.717) is 6.04 Å². The molecule has 1 aromatic rings. The molecule has 20 heavy (non-hydrogen) atoms. The lowest BCUT2D eigenvalue weighted by molar-refractivity contribution is 0.162. The monoisotopic (exact) mass is 276 g/mol. The van der Waals surface area contributed by atoms with E-state index >= 15 is 0 Å². The maximum absolute atomic E-state index is 5.33. The van der Waals surface area contributed by atoms with Gasteiger partial charge >= 0.3 is 0 Å². The van der Waals surface area contributed by atoms with Crippen LogP contribution >= 0.6 is 0 Å². The lowest BCUT2D eigenvalue weighted by Gasteiger charge is -2.36. The van der Waals surface area contributed by atoms with Crippen LogP contribution in [0.3, 0.4) is 0 Å². The largest absolute Gasteiger partial charge is 0.497 e. The highest BCUT2D eigenvalue weighted by atomic mass is 16.5. The minimum atomic E-state index is 0.558. The molecule has 0 spiro atoms. The summed E-state index contributed by atoms with van der Waals surface area (Å²) < 4.78 is 5.33. The minimum absolute atomic E-state index is 0.558. The SMILES string of the molecule is CCCC[C@H](c1ccc(OC)cc1C)N1CCNCC1. The molecule has 1 aromatic carbocycles. The fraction of sp³-hybridized carbons (Fsp3) is 0.647. The predicted molar refractivity (Wildman–Crippen MR) is 84.4 cm³/mol. The summed E-state index contributed by atoms with van der Waals surface area (Å²) in [6.07, 6.45) is 3.81. The molecule has 1 N–H and O–H groups in total. The van der Waals surface area contributed by atoms with Crippen molar-refractivity contribution in [2.75, 3.05) is 33.3 Å². The first-order chi connectivity index (χ1) is 9.76. The van der Waals surface area contributed by atoms with E-state index in [-0.39, 0.29) is 0 Å². The second kappa shape index (κ2) is 7.65. The molecule has 1 fully saturated rings. The molecule has 0 unspecified atom stereocenters. The summed E-state index contributed by atoms with van der Waals surface area (Å²) in [4.78, 5) is 2.64. The lowest BCUT2D eigenvalue weighted by atomic mass is 9.95. The van der Waals surface area contributed by atoms with Crippen molar-refractivity contribution in [2.45, 2.75) is 39.2 Å². The van der Waals surface area contributed by atoms with E-state index in [1.165, 1.54) is 30.4 Å². The molecule has 112 valence electrons. The van der Waals surface area contributed by atoms with Crippen LogP contribution in [0.5, 0.6) is 5.75 Å². The summed E-state index contributed by atoms with van der Waals surface area (Å²) in [5, 5.41) is 3.45. The van der Waals surface area contributed by atoms with E-state index in [1.807, 2.05) is 0 Å². The zero-order valence-electron chi connectivity index (χ0n) is 13.1. The van der Waals surface area contributed by atoms with Crippen LogP contribution in [0.15, 0.2) is 18.2 Å². The number of aryl methyl sites for hydroxylation is 1. The highest BCUT2D eigenvalue weighted by molar-refractivity contribution is 5.36. The van der Waals surface area contributed by atoms with Crippen LogP contribution < -0.4 is 10.1 Å². The van der Waals surface area contributed by atoms with Crippen molar-refractivity contribution in [3.05, 3.63) is 29.3 Å². The maximum Gasteiger partial charge on any atom is 0.119 e. The van der Waals surface area contributed by atoms with E-state index < -0.39 is 0 Å². The molecule has 0 aliphatic carbocycles. The van der Waals surface area contributed by atoms with Crippen LogP contribution in [0.25, 0.3) is 0 Å². The number of methoxy groups -OCH3 is 1. The van der Waals surface area contributed by atoms with Gasteiger partial charge in [0.2, 0.25) is 0 Å². The van der Waals surface area contributed by atoms with E-state index in [9.17, 15) is 0 Å². The van der Waals surface area contributed by atoms with Crippen molar-refractivity contribution in [1.29, 1.82) is 0 Å². The van der Waals surface area contributed by atoms with Crippen LogP contribution in [0.4, 0.5) is 0 Å². The molecule has 0 aromatic heterocycles. The first-order valence-corrected chi connectivity index (χ1v) is 7.85. The van der Waals surface area contributed by atoms with Gasteiger partial charge in [0.15, 0.2) is 0 Å². The Morgan fingerprint density at radius 2 is 2.05 bits per heavy atom. The molecule has 0 amide bonds. The van der Waals surface area contributed by atoms with Gasteiger partial charge in [0, 0.05) is 32.2 Å². The molecule has 1 heterocycles. The second-order valence-corrected chi connectivity index (χ2v) is 5.67. The van der Waals surface area contributed by atoms with E-state index in [1.54, 1.807) is 7.11 Å². The van der Waals surface area contributed by atoms with Gasteiger partial charge in [-0.25, -0.2) is 0 Å². The standard InChI is InChI=1S/C17H28N2O/c1-4-5-6-17(19-11-9-18-10-12-19)16-8-7-15(20-3)13-14(16)2/h7-8,13,17-18H,4-6,9-12H2,1-3H3/t17-/m1/s1. The van der Waals surface area contributed by atoms with Crippen molar-refractivity contribution < 1.29 is 4.74 Å². The molecular formula is C17H28N2O. The smallest absolute Gasteiger partial charge is 0.119 e. The van der Waals surface area contributed by atoms with Crippen molar-refractivity contribution in [3.63, 3.8) is 0 Å². The summed E-state index contributed by atoms with van der Waals surface area (Å²) in [7, 11) is 1.74. The average molecular weight is 276 g/mol. The van der Waals surface area contributed by atoms with Crippen LogP contribution in [0, 0.1) is 6.92 Å². The van der Waals surface area contributed by atoms with Gasteiger partial charge in [-0.15, -0.1) is 0 Å². The Morgan fingerprint density at radius 1 is 1.30 bits per heavy atom. The average Bonchev–Trinajstić information content (AvgIpc) is 2.50. The number of rotatable bonds is 6. The molecule has 0 saturated carbocycles. The number of hydrogen-bond donors (Lipinski definition) is 1. The Kier molecular flexibility index (Phi) is 5.86. The van der Waals surface area contributed by atoms with Gasteiger partial charge in [-0.1, -0.05) is 25.8 Å². The van der Waals surface area contributed by atoms with E-state index in [2.05, 4.69) is 42.3 Å². The number of benzene rings is 1. The fourth-order valence-electron chi connectivity index (χ4n) is 3.08. The fourth-order valence-corrected chi connectivity index (χ4v) is 3.08. The summed E-state index contributed by atoms with van der Waals surface area (Å²) in [5.41, 5.74) is 2.82. The molecule has 1 saturated heterocycles. The molecule has 3 nitrogen and oxygen atoms in total. The molecule has 3 heteroatoms. The van der Waals surface area contributed by atoms with Crippen molar-refractivity contribution >= 4 is 0 Å². The third-order valence-corrected chi connectivity index (χ3v) is 4.26. The van der Waals surface area contributed by atoms with Crippen LogP contribution in [0.1, 0.15) is 43.4 Å². The van der Waals surface area contributed by atoms with Crippen LogP contribution in [-0.4, -0.2) is 38.2 Å². The molecule has 1 atom stereocenters. The van der Waals surface area contributed by atoms with E-state index in [0.717, 1.165) is 31.9 Å². The number of ether oxygens (including phenoxy) is 1. The van der Waals surface area contributed by atoms with Crippen molar-refractivity contribution in [1.82, 2.24) is 10.2 Å². The number of piperazine rings is 1. The first-order valence-electron chi connectivity index (χ1n) is 7.85. The molecule has 1 aliphatic heterocycles. The van der Waals surface area contributed by atoms with E-state index in [4.69, 9.17) is 4.74 Å². The Morgan fingerprint density at radius 3 is 2.65 bits per heavy atom. The van der Waals surface area contributed by atoms with Gasteiger partial charge < -0.3 is 10.1 Å². The lowest BCUT2D eigenvalue weighted by Crippen LogP contribution is -2.45. The maximum atomic E-state index is 5.33. The van der Waals surface area contributed by atoms with Crippen molar-refractivity contribution in [3.8, 4) is 5.75 Å². The predicted octanol–water partition coefficient (Wildman–Crippen LogP) is 3.14. The molecular weight excluding hydrogens is 248 g/mol. The molecule has 0 bridgehead atoms. The number of hydrogen-bond acceptors (Lipinski definition) is 3. The number of nitrogens with zero attached hydrogens (tertiary/aromatic N) is 1. The summed E-state index contributed by atoms with van der Waals surface area (Å²) in [5.74, 6) is 0.959. The van der Waals surface area contributed by atoms with Gasteiger partial charge in [-0.05, 0) is 36.6 Å². The first kappa shape index (κ1) is 15.3. The quantitative estimate of drug-likeness (QED) is 0.864. The highest BCUT2D eigenvalue weighted by Crippen LogP contribution is 2.31. The van der Waals surface area contributed by atoms with Crippen LogP contribution in [0.2, 0.25) is 0 Å². The third kappa shape index (κ3) is 3.74. The summed E-state index contributed by atoms with van der Waals surface area (Å²) in [6.45, 7) is 9.00. The van der Waals surface area contributed by atoms with Crippen molar-refractivity contribution in [2.24, 2.45) is 0 Å². The Labute approximate surface area is 123 Å². The van der Waals surface area contributed by atoms with Gasteiger partial charge in [0.05, 0.1) is 7.11 Å². The molecule has 1 aliphatic rings. The Hall–Kier alpha value is -1.06. The minimum Gasteiger partial charge on any atom is -0.497 e. The van der Waals surface area contributed by atoms with Crippen LogP contribution in [-0.2, 0) is 0 Å². The zero-order valence-corrected chi connectivity index (χ0v) is 13.1. The van der Waals surface area contributed by atoms with Gasteiger partial charge in [-0.3, -0.25) is 4.90 Å². The third-order valence-electron chi connectivity index (χ3n) is 4.26. The summed E-state index contributed by atoms with van der Waals surface area (Å²) in [6, 6.07) is 7.08. The highest BCUT2D eigenvalue weighted by Gasteiger charge is 2.23. The normalized spacial score (nSPS) is 17.9. The number of nitrogens with one attached hydrogen (secondary N) is 1. The number of unbranched alkanes of at least 4 members (excludes halogenated alkanes) is 1. The van der Waals surface area contributed by atoms with Gasteiger partial charge in [0.25, 0.3) is 0 Å². The topological polar surface area (TPSA) is 24.5 Å². The zero-order chi connectivity index (χ0) is 14.4. The second-order valence-electron chi connectivity index (χ2n) is 5.67. The van der Waals surface area contributed by atoms with Gasteiger partial charge in [-0.2, -0.15) is 0 Å². The van der Waals surface area contributed by atoms with Gasteiger partial charge in [0.1, 0.15) is 5.75 Å². The molecule has 0 radical (unpaired) electrons. The Balaban J connectivity index is 2.20. The Bertz CT molecular complexity index is 413.